The summed E-state index contributed by atoms with van der Waals surface area (Å²) in [7, 11) is 2.19. The molecule has 0 amide bonds. The van der Waals surface area contributed by atoms with E-state index >= 15 is 0 Å². The highest BCUT2D eigenvalue weighted by Gasteiger charge is 2.05. The maximum Gasteiger partial charge on any atom is 0.0325 e. The van der Waals surface area contributed by atoms with Crippen molar-refractivity contribution in [1.82, 2.24) is 15.2 Å². The zero-order chi connectivity index (χ0) is 15.1. The molecule has 0 bridgehead atoms. The van der Waals surface area contributed by atoms with Crippen molar-refractivity contribution in [3.63, 3.8) is 0 Å². The second-order valence-corrected chi connectivity index (χ2v) is 7.00. The number of pyridine rings is 1. The Balaban J connectivity index is 1.76. The highest BCUT2D eigenvalue weighted by molar-refractivity contribution is 7.11. The molecule has 2 aromatic heterocycles. The fraction of sp³-hybridized carbons (Fsp3) is 0.471. The Morgan fingerprint density at radius 3 is 2.57 bits per heavy atom. The fourth-order valence-corrected chi connectivity index (χ4v) is 3.17. The van der Waals surface area contributed by atoms with Crippen LogP contribution in [0.4, 0.5) is 0 Å². The lowest BCUT2D eigenvalue weighted by Crippen LogP contribution is -2.21. The van der Waals surface area contributed by atoms with Gasteiger partial charge >= 0.3 is 0 Å². The normalized spacial score (nSPS) is 11.5. The third-order valence-corrected chi connectivity index (χ3v) is 4.43. The van der Waals surface area contributed by atoms with E-state index in [-0.39, 0.29) is 0 Å². The van der Waals surface area contributed by atoms with Gasteiger partial charge in [0.1, 0.15) is 0 Å². The number of thiophene rings is 1. The zero-order valence-corrected chi connectivity index (χ0v) is 14.0. The van der Waals surface area contributed by atoms with Crippen molar-refractivity contribution in [2.24, 2.45) is 0 Å². The van der Waals surface area contributed by atoms with E-state index in [1.165, 1.54) is 15.3 Å². The van der Waals surface area contributed by atoms with Crippen molar-refractivity contribution in [3.05, 3.63) is 52.0 Å². The first kappa shape index (κ1) is 16.1. The van der Waals surface area contributed by atoms with Gasteiger partial charge in [-0.3, -0.25) is 4.98 Å². The Labute approximate surface area is 132 Å². The Hall–Kier alpha value is -1.23. The molecular weight excluding hydrogens is 278 g/mol. The van der Waals surface area contributed by atoms with Crippen LogP contribution in [0.5, 0.6) is 0 Å². The predicted molar refractivity (Wildman–Crippen MR) is 90.6 cm³/mol. The SMILES string of the molecule is CC(C)NCc1ccc(CN(C)CCc2ccncc2)s1. The third-order valence-electron chi connectivity index (χ3n) is 3.36. The number of nitrogens with zero attached hydrogens (tertiary/aromatic N) is 2. The number of hydrogen-bond donors (Lipinski definition) is 1. The van der Waals surface area contributed by atoms with Crippen molar-refractivity contribution in [1.29, 1.82) is 0 Å². The van der Waals surface area contributed by atoms with E-state index < -0.39 is 0 Å². The van der Waals surface area contributed by atoms with E-state index in [9.17, 15) is 0 Å². The summed E-state index contributed by atoms with van der Waals surface area (Å²) in [4.78, 5) is 9.29. The van der Waals surface area contributed by atoms with Crippen LogP contribution in [0.1, 0.15) is 29.2 Å². The van der Waals surface area contributed by atoms with Crippen LogP contribution in [-0.4, -0.2) is 29.5 Å². The van der Waals surface area contributed by atoms with Crippen LogP contribution in [-0.2, 0) is 19.5 Å². The number of aromatic nitrogens is 1. The van der Waals surface area contributed by atoms with Gasteiger partial charge in [-0.25, -0.2) is 0 Å². The third kappa shape index (κ3) is 5.96. The summed E-state index contributed by atoms with van der Waals surface area (Å²) in [6, 6.07) is 9.22. The van der Waals surface area contributed by atoms with Crippen LogP contribution in [0.3, 0.4) is 0 Å². The van der Waals surface area contributed by atoms with Gasteiger partial charge in [0.25, 0.3) is 0 Å². The van der Waals surface area contributed by atoms with Crippen molar-refractivity contribution in [3.8, 4) is 0 Å². The van der Waals surface area contributed by atoms with E-state index in [4.69, 9.17) is 0 Å². The highest BCUT2D eigenvalue weighted by atomic mass is 32.1. The first-order chi connectivity index (χ1) is 10.1. The molecule has 0 aliphatic heterocycles. The molecule has 4 heteroatoms. The number of likely N-dealkylation sites (N-methyl/N-ethyl adjacent to an activating group) is 1. The lowest BCUT2D eigenvalue weighted by atomic mass is 10.2. The minimum atomic E-state index is 0.540. The molecule has 2 heterocycles. The summed E-state index contributed by atoms with van der Waals surface area (Å²) < 4.78 is 0. The van der Waals surface area contributed by atoms with E-state index in [0.29, 0.717) is 6.04 Å². The molecule has 0 aromatic carbocycles. The quantitative estimate of drug-likeness (QED) is 0.811. The smallest absolute Gasteiger partial charge is 0.0325 e. The average Bonchev–Trinajstić information content (AvgIpc) is 2.91. The Morgan fingerprint density at radius 2 is 1.86 bits per heavy atom. The van der Waals surface area contributed by atoms with Gasteiger partial charge in [-0.1, -0.05) is 13.8 Å². The molecule has 2 aromatic rings. The van der Waals surface area contributed by atoms with Crippen LogP contribution in [0.15, 0.2) is 36.7 Å². The van der Waals surface area contributed by atoms with Gasteiger partial charge in [0.05, 0.1) is 0 Å². The zero-order valence-electron chi connectivity index (χ0n) is 13.2. The van der Waals surface area contributed by atoms with Gasteiger partial charge in [-0.15, -0.1) is 11.3 Å². The van der Waals surface area contributed by atoms with Crippen molar-refractivity contribution in [2.45, 2.75) is 39.4 Å². The molecule has 0 radical (unpaired) electrons. The van der Waals surface area contributed by atoms with Crippen molar-refractivity contribution < 1.29 is 0 Å². The molecule has 114 valence electrons. The molecule has 0 atom stereocenters. The molecule has 0 saturated heterocycles. The molecule has 0 aliphatic rings. The van der Waals surface area contributed by atoms with Gasteiger partial charge in [0.15, 0.2) is 0 Å². The molecule has 21 heavy (non-hydrogen) atoms. The number of nitrogens with one attached hydrogen (secondary N) is 1. The molecule has 1 N–H and O–H groups in total. The van der Waals surface area contributed by atoms with E-state index in [1.807, 2.05) is 23.7 Å². The Morgan fingerprint density at radius 1 is 1.14 bits per heavy atom. The summed E-state index contributed by atoms with van der Waals surface area (Å²) in [5.74, 6) is 0. The van der Waals surface area contributed by atoms with Gasteiger partial charge in [-0.05, 0) is 43.3 Å². The van der Waals surface area contributed by atoms with Gasteiger partial charge < -0.3 is 10.2 Å². The molecule has 0 spiro atoms. The van der Waals surface area contributed by atoms with Crippen molar-refractivity contribution >= 4 is 11.3 Å². The first-order valence-electron chi connectivity index (χ1n) is 7.52. The topological polar surface area (TPSA) is 28.2 Å². The second-order valence-electron chi connectivity index (χ2n) is 5.75. The predicted octanol–water partition coefficient (Wildman–Crippen LogP) is 3.32. The Kier molecular flexibility index (Phi) is 6.36. The largest absolute Gasteiger partial charge is 0.310 e. The number of hydrogen-bond acceptors (Lipinski definition) is 4. The minimum Gasteiger partial charge on any atom is -0.310 e. The lowest BCUT2D eigenvalue weighted by molar-refractivity contribution is 0.334. The minimum absolute atomic E-state index is 0.540. The molecule has 0 unspecified atom stereocenters. The second kappa shape index (κ2) is 8.27. The van der Waals surface area contributed by atoms with Gasteiger partial charge in [-0.2, -0.15) is 0 Å². The summed E-state index contributed by atoms with van der Waals surface area (Å²) >= 11 is 1.91. The molecule has 0 aliphatic carbocycles. The van der Waals surface area contributed by atoms with Crippen LogP contribution in [0.2, 0.25) is 0 Å². The summed E-state index contributed by atoms with van der Waals surface area (Å²) in [6.45, 7) is 7.44. The highest BCUT2D eigenvalue weighted by Crippen LogP contribution is 2.18. The van der Waals surface area contributed by atoms with Crippen LogP contribution >= 0.6 is 11.3 Å². The van der Waals surface area contributed by atoms with Gasteiger partial charge in [0, 0.05) is 47.8 Å². The Bertz CT molecular complexity index is 522. The van der Waals surface area contributed by atoms with E-state index in [1.54, 1.807) is 0 Å². The first-order valence-corrected chi connectivity index (χ1v) is 8.33. The van der Waals surface area contributed by atoms with Crippen LogP contribution in [0.25, 0.3) is 0 Å². The van der Waals surface area contributed by atoms with Crippen molar-refractivity contribution in [2.75, 3.05) is 13.6 Å². The maximum atomic E-state index is 4.05. The summed E-state index contributed by atoms with van der Waals surface area (Å²) in [5.41, 5.74) is 1.35. The lowest BCUT2D eigenvalue weighted by Gasteiger charge is -2.15. The van der Waals surface area contributed by atoms with Gasteiger partial charge in [0.2, 0.25) is 0 Å². The standard InChI is InChI=1S/C17H25N3S/c1-14(2)19-12-16-4-5-17(21-16)13-20(3)11-8-15-6-9-18-10-7-15/h4-7,9-10,14,19H,8,11-13H2,1-3H3. The fourth-order valence-electron chi connectivity index (χ4n) is 2.12. The van der Waals surface area contributed by atoms with Crippen LogP contribution in [0, 0.1) is 0 Å². The maximum absolute atomic E-state index is 4.05. The monoisotopic (exact) mass is 303 g/mol. The molecule has 2 rings (SSSR count). The summed E-state index contributed by atoms with van der Waals surface area (Å²) in [5, 5.41) is 3.47. The van der Waals surface area contributed by atoms with Crippen LogP contribution < -0.4 is 5.32 Å². The van der Waals surface area contributed by atoms with E-state index in [2.05, 4.69) is 60.4 Å². The molecule has 0 fully saturated rings. The van der Waals surface area contributed by atoms with E-state index in [0.717, 1.165) is 26.1 Å². The average molecular weight is 303 g/mol. The number of rotatable bonds is 8. The molecule has 0 saturated carbocycles. The molecule has 3 nitrogen and oxygen atoms in total. The molecular formula is C17H25N3S. The summed E-state index contributed by atoms with van der Waals surface area (Å²) in [6.07, 6.45) is 4.80.